The molecule has 14 nitrogen and oxygen atoms in total. The molecule has 4 N–H and O–H groups in total. The van der Waals surface area contributed by atoms with E-state index in [-0.39, 0.29) is 76.9 Å². The Morgan fingerprint density at radius 1 is 1.38 bits per heavy atom. The number of hydrogen-bond donors (Lipinski definition) is 3. The van der Waals surface area contributed by atoms with Crippen LogP contribution >= 0.6 is 23.1 Å². The summed E-state index contributed by atoms with van der Waals surface area (Å²) in [5.74, 6) is -4.94. The first-order chi connectivity index (χ1) is 17.0. The predicted molar refractivity (Wildman–Crippen MR) is 122 cm³/mol. The number of hydrogen-bond acceptors (Lipinski definition) is 13. The number of thioether (sulfide) groups is 1. The number of nitrogen functional groups attached to an aromatic ring is 1. The molecule has 2 atom stereocenters. The molecule has 0 unspecified atom stereocenters. The van der Waals surface area contributed by atoms with E-state index in [2.05, 4.69) is 15.5 Å². The zero-order valence-electron chi connectivity index (χ0n) is 19.7. The normalized spacial score (nSPS) is 22.0. The van der Waals surface area contributed by atoms with Gasteiger partial charge in [-0.05, 0) is 6.42 Å². The van der Waals surface area contributed by atoms with Crippen LogP contribution < -0.4 is 45.7 Å². The molecule has 2 aliphatic heterocycles. The molecular weight excluding hydrogens is 541 g/mol. The Morgan fingerprint density at radius 2 is 2.08 bits per heavy atom. The Balaban J connectivity index is 0.00000380. The monoisotopic (exact) mass is 561 g/mol. The summed E-state index contributed by atoms with van der Waals surface area (Å²) in [6, 6.07) is -1.12. The van der Waals surface area contributed by atoms with Gasteiger partial charge in [0.1, 0.15) is 23.7 Å². The fourth-order valence-electron chi connectivity index (χ4n) is 3.76. The summed E-state index contributed by atoms with van der Waals surface area (Å²) in [5.41, 5.74) is 3.53. The summed E-state index contributed by atoms with van der Waals surface area (Å²) in [4.78, 5) is 70.6. The Kier molecular flexibility index (Phi) is 8.89. The predicted octanol–water partition coefficient (Wildman–Crippen LogP) is -4.58. The number of β-lactam (4-membered cyclic amide) rings is 1. The van der Waals surface area contributed by atoms with E-state index in [0.717, 1.165) is 28.0 Å². The summed E-state index contributed by atoms with van der Waals surface area (Å²) < 4.78 is 4.87. The van der Waals surface area contributed by atoms with Crippen molar-refractivity contribution in [2.75, 3.05) is 18.1 Å². The van der Waals surface area contributed by atoms with E-state index < -0.39 is 52.4 Å². The van der Waals surface area contributed by atoms with Crippen LogP contribution in [0, 0.1) is 0 Å². The maximum absolute atomic E-state index is 13.1. The number of nitrogens with two attached hydrogens (primary N) is 1. The molecule has 2 amide bonds. The minimum Gasteiger partial charge on any atom is -0.543 e. The van der Waals surface area contributed by atoms with Crippen molar-refractivity contribution in [3.05, 3.63) is 22.3 Å². The maximum atomic E-state index is 13.1. The zero-order valence-corrected chi connectivity index (χ0v) is 23.3. The number of carboxylic acids is 2. The number of anilines is 1. The van der Waals surface area contributed by atoms with Gasteiger partial charge in [-0.25, -0.2) is 9.78 Å². The molecule has 4 rings (SSSR count). The molecule has 192 valence electrons. The number of thiazole rings is 1. The van der Waals surface area contributed by atoms with Gasteiger partial charge in [0.2, 0.25) is 5.60 Å². The van der Waals surface area contributed by atoms with Crippen molar-refractivity contribution in [3.63, 3.8) is 0 Å². The number of carboxylic acid groups (broad SMARTS) is 2. The van der Waals surface area contributed by atoms with E-state index in [1.165, 1.54) is 12.3 Å². The largest absolute Gasteiger partial charge is 1.00 e. The molecule has 3 heterocycles. The van der Waals surface area contributed by atoms with E-state index in [4.69, 9.17) is 15.3 Å². The number of nitrogens with zero attached hydrogens (tertiary/aromatic N) is 3. The fraction of sp³-hybridized carbons (Fsp3) is 0.450. The number of aromatic nitrogens is 1. The number of fused-ring (bicyclic) bond motifs is 1. The number of rotatable bonds is 9. The van der Waals surface area contributed by atoms with Gasteiger partial charge < -0.3 is 35.6 Å². The quantitative estimate of drug-likeness (QED) is 0.0854. The smallest absolute Gasteiger partial charge is 0.543 e. The number of oxime groups is 1. The number of carbonyl (C=O) groups is 5. The second-order valence-electron chi connectivity index (χ2n) is 8.14. The third-order valence-corrected chi connectivity index (χ3v) is 7.83. The minimum absolute atomic E-state index is 0. The van der Waals surface area contributed by atoms with Gasteiger partial charge in [0.15, 0.2) is 10.8 Å². The van der Waals surface area contributed by atoms with Crippen molar-refractivity contribution < 1.29 is 73.3 Å². The molecule has 2 fully saturated rings. The first-order valence-electron chi connectivity index (χ1n) is 10.6. The summed E-state index contributed by atoms with van der Waals surface area (Å²) in [5, 5.41) is 28.2. The first kappa shape index (κ1) is 28.9. The topological polar surface area (TPSA) is 214 Å². The van der Waals surface area contributed by atoms with Gasteiger partial charge in [-0.2, -0.15) is 0 Å². The average Bonchev–Trinajstić information content (AvgIpc) is 3.22. The van der Waals surface area contributed by atoms with Crippen molar-refractivity contribution in [3.8, 4) is 0 Å². The van der Waals surface area contributed by atoms with Crippen LogP contribution in [0.4, 0.5) is 5.13 Å². The molecule has 0 aromatic carbocycles. The molecule has 37 heavy (non-hydrogen) atoms. The van der Waals surface area contributed by atoms with Crippen LogP contribution in [0.1, 0.15) is 31.9 Å². The number of esters is 1. The Bertz CT molecular complexity index is 1210. The van der Waals surface area contributed by atoms with Crippen molar-refractivity contribution >= 4 is 63.7 Å². The van der Waals surface area contributed by atoms with Crippen LogP contribution in [-0.4, -0.2) is 79.8 Å². The average molecular weight is 562 g/mol. The van der Waals surface area contributed by atoms with Crippen LogP contribution in [0.25, 0.3) is 0 Å². The molecule has 3 aliphatic rings. The molecule has 0 spiro atoms. The number of amides is 2. The zero-order chi connectivity index (χ0) is 26.2. The van der Waals surface area contributed by atoms with E-state index in [1.54, 1.807) is 0 Å². The van der Waals surface area contributed by atoms with Crippen LogP contribution in [0.3, 0.4) is 0 Å². The van der Waals surface area contributed by atoms with Crippen LogP contribution in [0.5, 0.6) is 0 Å². The second kappa shape index (κ2) is 11.4. The standard InChI is InChI=1S/C20H21N5O9S2.Na/c1-8(26)33-5-9-6-35-16-12(15(28)25(16)13(9)17(29)30)23-14(27)11(10-7-36-19(21)22-10)24-34-20(18(31)32)3-2-4-20;/h7,12,16H,2-6H2,1H3,(H2,21,22)(H,23,27)(H,29,30)(H,31,32);/q;+1/p-1/b24-11-;/t12-,16-;/m1./s1. The summed E-state index contributed by atoms with van der Waals surface area (Å²) in [6.07, 6.45) is 1.04. The van der Waals surface area contributed by atoms with Crippen LogP contribution in [-0.2, 0) is 33.5 Å². The molecule has 1 aromatic rings. The molecule has 1 aromatic heterocycles. The fourth-order valence-corrected chi connectivity index (χ4v) is 5.63. The van der Waals surface area contributed by atoms with E-state index >= 15 is 0 Å². The van der Waals surface area contributed by atoms with Gasteiger partial charge in [-0.1, -0.05) is 5.16 Å². The molecule has 1 saturated heterocycles. The van der Waals surface area contributed by atoms with Gasteiger partial charge in [-0.15, -0.1) is 23.1 Å². The Morgan fingerprint density at radius 3 is 2.59 bits per heavy atom. The number of aliphatic carboxylic acids is 2. The molecule has 17 heteroatoms. The Hall–Kier alpha value is -2.66. The molecule has 1 aliphatic carbocycles. The number of nitrogens with one attached hydrogen (secondary N) is 1. The summed E-state index contributed by atoms with van der Waals surface area (Å²) in [6.45, 7) is 0.852. The molecule has 1 saturated carbocycles. The Labute approximate surface area is 239 Å². The molecule has 0 radical (unpaired) electrons. The number of carbonyl (C=O) groups excluding carboxylic acids is 4. The summed E-state index contributed by atoms with van der Waals surface area (Å²) >= 11 is 2.18. The van der Waals surface area contributed by atoms with E-state index in [9.17, 15) is 34.2 Å². The van der Waals surface area contributed by atoms with Gasteiger partial charge in [0, 0.05) is 36.5 Å². The van der Waals surface area contributed by atoms with Crippen molar-refractivity contribution in [2.24, 2.45) is 5.16 Å². The van der Waals surface area contributed by atoms with Crippen LogP contribution in [0.2, 0.25) is 0 Å². The van der Waals surface area contributed by atoms with Gasteiger partial charge in [-0.3, -0.25) is 19.3 Å². The minimum atomic E-state index is -1.62. The first-order valence-corrected chi connectivity index (χ1v) is 12.5. The van der Waals surface area contributed by atoms with Gasteiger partial charge in [0.25, 0.3) is 11.8 Å². The third-order valence-electron chi connectivity index (χ3n) is 5.82. The number of ether oxygens (including phenoxy) is 1. The maximum Gasteiger partial charge on any atom is 1.00 e. The van der Waals surface area contributed by atoms with Crippen molar-refractivity contribution in [1.29, 1.82) is 0 Å². The van der Waals surface area contributed by atoms with E-state index in [0.29, 0.717) is 6.42 Å². The third kappa shape index (κ3) is 5.62. The van der Waals surface area contributed by atoms with Gasteiger partial charge >= 0.3 is 41.5 Å². The van der Waals surface area contributed by atoms with Crippen molar-refractivity contribution in [2.45, 2.75) is 43.2 Å². The van der Waals surface area contributed by atoms with Gasteiger partial charge in [0.05, 0.1) is 11.7 Å². The molecule has 0 bridgehead atoms. The van der Waals surface area contributed by atoms with Crippen molar-refractivity contribution in [1.82, 2.24) is 15.2 Å². The summed E-state index contributed by atoms with van der Waals surface area (Å²) in [7, 11) is 0. The SMILES string of the molecule is CC(=O)OCC1=C(C(=O)[O-])N2C(=O)[C@@H](NC(=O)/C(=N\OC3(C(=O)O)CCC3)c3csc(N)n3)[C@H]2SC1.[Na+]. The second-order valence-corrected chi connectivity index (χ2v) is 10.1. The van der Waals surface area contributed by atoms with E-state index in [1.807, 2.05) is 0 Å². The van der Waals surface area contributed by atoms with Crippen LogP contribution in [0.15, 0.2) is 21.8 Å². The molecular formula is C20H20N5NaO9S2.